The van der Waals surface area contributed by atoms with Crippen LogP contribution >= 0.6 is 0 Å². The zero-order valence-electron chi connectivity index (χ0n) is 12.8. The number of carbonyl (C=O) groups excluding carboxylic acids is 2. The molecule has 0 fully saturated rings. The molecule has 0 aliphatic rings. The number of rotatable bonds is 2. The Kier molecular flexibility index (Phi) is 3.88. The number of hydrogen-bond donors (Lipinski definition) is 2. The van der Waals surface area contributed by atoms with E-state index in [1.807, 2.05) is 0 Å². The minimum absolute atomic E-state index is 1.10. The van der Waals surface area contributed by atoms with Crippen molar-refractivity contribution in [1.82, 2.24) is 0 Å². The van der Waals surface area contributed by atoms with Gasteiger partial charge in [0.1, 0.15) is 0 Å². The zero-order chi connectivity index (χ0) is 20.9. The van der Waals surface area contributed by atoms with Crippen molar-refractivity contribution >= 4 is 45.8 Å². The van der Waals surface area contributed by atoms with Gasteiger partial charge in [-0.3, -0.25) is 0 Å². The minimum Gasteiger partial charge on any atom is -0.449 e. The van der Waals surface area contributed by atoms with E-state index in [4.69, 9.17) is 10.2 Å². The maximum absolute atomic E-state index is 12.1. The molecule has 0 aliphatic heterocycles. The van der Waals surface area contributed by atoms with Crippen molar-refractivity contribution in [2.24, 2.45) is 0 Å². The normalized spacial score (nSPS) is 10.9. The van der Waals surface area contributed by atoms with Crippen molar-refractivity contribution in [2.75, 3.05) is 0 Å². The lowest BCUT2D eigenvalue weighted by Crippen LogP contribution is -2.19. The van der Waals surface area contributed by atoms with Crippen molar-refractivity contribution in [3.63, 3.8) is 0 Å². The molecule has 0 unspecified atom stereocenters. The first-order valence-corrected chi connectivity index (χ1v) is 6.71. The first kappa shape index (κ1) is 18.2. The van der Waals surface area contributed by atoms with E-state index in [1.54, 1.807) is 0 Å². The van der Waals surface area contributed by atoms with Crippen molar-refractivity contribution in [2.45, 2.75) is 0 Å². The molecule has 0 amide bonds. The van der Waals surface area contributed by atoms with Gasteiger partial charge in [-0.15, -0.1) is 0 Å². The van der Waals surface area contributed by atoms with Crippen LogP contribution < -0.4 is 22.5 Å². The van der Waals surface area contributed by atoms with Gasteiger partial charge in [-0.05, 0) is 0 Å². The Morgan fingerprint density at radius 2 is 0.821 bits per heavy atom. The summed E-state index contributed by atoms with van der Waals surface area (Å²) in [5, 5.41) is 12.8. The molecule has 0 saturated carbocycles. The average molecular weight is 394 g/mol. The molecule has 2 N–H and O–H groups in total. The molecule has 0 spiro atoms. The molecule has 14 heteroatoms. The molecule has 28 heavy (non-hydrogen) atoms. The van der Waals surface area contributed by atoms with Gasteiger partial charge in [0.2, 0.25) is 0 Å². The third-order valence-corrected chi connectivity index (χ3v) is 3.46. The van der Waals surface area contributed by atoms with Crippen LogP contribution in [0.4, 0.5) is 9.59 Å². The third-order valence-electron chi connectivity index (χ3n) is 3.46. The fraction of sp³-hybridized carbons (Fsp3) is 0. The minimum atomic E-state index is -2.17. The number of fused-ring (bicyclic) bond motifs is 2. The second-order valence-corrected chi connectivity index (χ2v) is 4.91. The summed E-state index contributed by atoms with van der Waals surface area (Å²) in [6.07, 6.45) is -4.34. The summed E-state index contributed by atoms with van der Waals surface area (Å²) in [4.78, 5) is 93.3. The first-order chi connectivity index (χ1) is 13.0. The maximum Gasteiger partial charge on any atom is 0.513 e. The number of carboxylic acid groups (broad SMARTS) is 2. The van der Waals surface area contributed by atoms with E-state index in [9.17, 15) is 38.4 Å². The molecule has 3 rings (SSSR count). The topological polar surface area (TPSA) is 222 Å². The standard InChI is InChI=1S/C14H2O14/c15-7-1-2(8(16)25-7)6(12(20)28-14(23)24)4-3(9(17)26-10(4)18)5(1)11(19)27-13(21)22/h(H,21,22)(H,23,24). The molecule has 0 saturated heterocycles. The third kappa shape index (κ3) is 2.52. The number of ether oxygens (including phenoxy) is 2. The summed E-state index contributed by atoms with van der Waals surface area (Å²) < 4.78 is 16.1. The smallest absolute Gasteiger partial charge is 0.449 e. The number of esters is 2. The monoisotopic (exact) mass is 394 g/mol. The van der Waals surface area contributed by atoms with Crippen molar-refractivity contribution < 1.29 is 47.7 Å². The first-order valence-electron chi connectivity index (χ1n) is 6.71. The lowest BCUT2D eigenvalue weighted by molar-refractivity contribution is 0.0491. The summed E-state index contributed by atoms with van der Waals surface area (Å²) in [6.45, 7) is 0. The van der Waals surface area contributed by atoms with Gasteiger partial charge in [-0.25, -0.2) is 38.4 Å². The molecule has 1 aromatic carbocycles. The zero-order valence-corrected chi connectivity index (χ0v) is 12.8. The molecule has 2 aromatic heterocycles. The van der Waals surface area contributed by atoms with E-state index in [1.165, 1.54) is 0 Å². The molecule has 14 nitrogen and oxygen atoms in total. The fourth-order valence-electron chi connectivity index (χ4n) is 2.61. The average Bonchev–Trinajstić information content (AvgIpc) is 3.01. The van der Waals surface area contributed by atoms with Crippen LogP contribution in [-0.2, 0) is 9.47 Å². The predicted molar refractivity (Wildman–Crippen MR) is 80.3 cm³/mol. The van der Waals surface area contributed by atoms with Crippen LogP contribution in [0.2, 0.25) is 0 Å². The number of benzene rings is 1. The lowest BCUT2D eigenvalue weighted by Gasteiger charge is -2.05. The molecule has 3 aromatic rings. The van der Waals surface area contributed by atoms with Crippen LogP contribution in [0.25, 0.3) is 21.5 Å². The largest absolute Gasteiger partial charge is 0.513 e. The highest BCUT2D eigenvalue weighted by molar-refractivity contribution is 6.25. The van der Waals surface area contributed by atoms with E-state index in [2.05, 4.69) is 18.3 Å². The van der Waals surface area contributed by atoms with Crippen molar-refractivity contribution in [1.29, 1.82) is 0 Å². The Bertz CT molecular complexity index is 1240. The van der Waals surface area contributed by atoms with Gasteiger partial charge in [-0.2, -0.15) is 0 Å². The second-order valence-electron chi connectivity index (χ2n) is 4.91. The fourth-order valence-corrected chi connectivity index (χ4v) is 2.61. The highest BCUT2D eigenvalue weighted by Crippen LogP contribution is 2.28. The molecule has 142 valence electrons. The van der Waals surface area contributed by atoms with Gasteiger partial charge in [0, 0.05) is 0 Å². The molecule has 0 bridgehead atoms. The van der Waals surface area contributed by atoms with E-state index in [0.717, 1.165) is 0 Å². The van der Waals surface area contributed by atoms with Gasteiger partial charge >= 0.3 is 46.8 Å². The van der Waals surface area contributed by atoms with Gasteiger partial charge < -0.3 is 28.5 Å². The summed E-state index contributed by atoms with van der Waals surface area (Å²) in [5.74, 6) is -3.73. The molecule has 2 heterocycles. The number of hydrogen-bond acceptors (Lipinski definition) is 12. The lowest BCUT2D eigenvalue weighted by atomic mass is 9.96. The van der Waals surface area contributed by atoms with Crippen LogP contribution in [0, 0.1) is 0 Å². The van der Waals surface area contributed by atoms with Crippen molar-refractivity contribution in [3.05, 3.63) is 52.8 Å². The second kappa shape index (κ2) is 5.97. The Hall–Kier alpha value is -4.62. The Labute approximate surface area is 147 Å². The Balaban J connectivity index is 2.66. The molecular weight excluding hydrogens is 392 g/mol. The summed E-state index contributed by atoms with van der Waals surface area (Å²) in [5.41, 5.74) is -8.78. The molecular formula is C14H2O14. The molecule has 0 aliphatic carbocycles. The van der Waals surface area contributed by atoms with Gasteiger partial charge in [0.05, 0.1) is 32.7 Å². The number of furan rings is 2. The van der Waals surface area contributed by atoms with Crippen LogP contribution in [0.5, 0.6) is 0 Å². The molecule has 0 atom stereocenters. The SMILES string of the molecule is O=C(O)OC(=O)c1c2c(=O)oc(=O)c2c(C(=O)OC(=O)O)c2c(=O)oc(=O)c12. The molecule has 0 radical (unpaired) electrons. The summed E-state index contributed by atoms with van der Waals surface area (Å²) >= 11 is 0. The van der Waals surface area contributed by atoms with Crippen LogP contribution in [0.3, 0.4) is 0 Å². The summed E-state index contributed by atoms with van der Waals surface area (Å²) in [7, 11) is 0. The number of carbonyl (C=O) groups is 4. The van der Waals surface area contributed by atoms with Crippen LogP contribution in [-0.4, -0.2) is 34.5 Å². The van der Waals surface area contributed by atoms with E-state index in [0.29, 0.717) is 0 Å². The van der Waals surface area contributed by atoms with Gasteiger partial charge in [-0.1, -0.05) is 0 Å². The predicted octanol–water partition coefficient (Wildman–Crippen LogP) is -0.835. The van der Waals surface area contributed by atoms with Crippen molar-refractivity contribution in [3.8, 4) is 0 Å². The Morgan fingerprint density at radius 3 is 1.04 bits per heavy atom. The van der Waals surface area contributed by atoms with Crippen LogP contribution in [0.1, 0.15) is 20.7 Å². The van der Waals surface area contributed by atoms with Gasteiger partial charge in [0.15, 0.2) is 0 Å². The van der Waals surface area contributed by atoms with E-state index < -0.39 is 79.4 Å². The summed E-state index contributed by atoms with van der Waals surface area (Å²) in [6, 6.07) is 0. The highest BCUT2D eigenvalue weighted by atomic mass is 16.7. The Morgan fingerprint density at radius 1 is 0.571 bits per heavy atom. The quantitative estimate of drug-likeness (QED) is 0.400. The highest BCUT2D eigenvalue weighted by Gasteiger charge is 2.35. The van der Waals surface area contributed by atoms with E-state index >= 15 is 0 Å². The van der Waals surface area contributed by atoms with E-state index in [-0.39, 0.29) is 0 Å². The maximum atomic E-state index is 12.1. The van der Waals surface area contributed by atoms with Gasteiger partial charge in [0.25, 0.3) is 0 Å². The van der Waals surface area contributed by atoms with Crippen LogP contribution in [0.15, 0.2) is 28.0 Å².